The van der Waals surface area contributed by atoms with Gasteiger partial charge in [-0.05, 0) is 31.4 Å². The molecule has 19 heavy (non-hydrogen) atoms. The van der Waals surface area contributed by atoms with Gasteiger partial charge in [-0.25, -0.2) is 4.79 Å². The average molecular weight is 261 g/mol. The molecule has 0 bridgehead atoms. The lowest BCUT2D eigenvalue weighted by Crippen LogP contribution is -2.47. The van der Waals surface area contributed by atoms with Crippen LogP contribution in [0.1, 0.15) is 50.5 Å². The summed E-state index contributed by atoms with van der Waals surface area (Å²) >= 11 is 0. The van der Waals surface area contributed by atoms with Gasteiger partial charge in [-0.1, -0.05) is 50.3 Å². The molecule has 1 aromatic carbocycles. The van der Waals surface area contributed by atoms with E-state index in [1.165, 1.54) is 6.42 Å². The van der Waals surface area contributed by atoms with E-state index in [1.54, 1.807) is 0 Å². The highest BCUT2D eigenvalue weighted by Gasteiger charge is 2.38. The predicted octanol–water partition coefficient (Wildman–Crippen LogP) is 3.97. The first-order valence-electron chi connectivity index (χ1n) is 7.21. The SMILES string of the molecule is Cc1ccccc1NC1(C(=O)O)CCCCCCC1. The normalized spacial score (nSPS) is 19.2. The summed E-state index contributed by atoms with van der Waals surface area (Å²) in [6, 6.07) is 7.92. The lowest BCUT2D eigenvalue weighted by Gasteiger charge is -2.33. The van der Waals surface area contributed by atoms with Crippen LogP contribution in [-0.4, -0.2) is 16.6 Å². The van der Waals surface area contributed by atoms with Crippen molar-refractivity contribution in [2.45, 2.75) is 57.4 Å². The number of hydrogen-bond acceptors (Lipinski definition) is 2. The Morgan fingerprint density at radius 3 is 2.26 bits per heavy atom. The first-order valence-corrected chi connectivity index (χ1v) is 7.21. The van der Waals surface area contributed by atoms with Gasteiger partial charge in [0.15, 0.2) is 0 Å². The van der Waals surface area contributed by atoms with Gasteiger partial charge in [0.2, 0.25) is 0 Å². The van der Waals surface area contributed by atoms with E-state index in [2.05, 4.69) is 5.32 Å². The zero-order valence-corrected chi connectivity index (χ0v) is 11.6. The molecular weight excluding hydrogens is 238 g/mol. The molecule has 1 aromatic rings. The molecule has 0 saturated heterocycles. The number of nitrogens with one attached hydrogen (secondary N) is 1. The van der Waals surface area contributed by atoms with Gasteiger partial charge in [0.1, 0.15) is 5.54 Å². The molecule has 0 heterocycles. The fraction of sp³-hybridized carbons (Fsp3) is 0.562. The van der Waals surface area contributed by atoms with Gasteiger partial charge >= 0.3 is 5.97 Å². The molecule has 1 aliphatic carbocycles. The zero-order valence-electron chi connectivity index (χ0n) is 11.6. The van der Waals surface area contributed by atoms with Crippen molar-refractivity contribution in [1.82, 2.24) is 0 Å². The van der Waals surface area contributed by atoms with Crippen LogP contribution in [0, 0.1) is 6.92 Å². The molecule has 0 aromatic heterocycles. The first kappa shape index (κ1) is 13.9. The Kier molecular flexibility index (Phi) is 4.46. The molecule has 0 amide bonds. The first-order chi connectivity index (χ1) is 9.14. The molecule has 0 aliphatic heterocycles. The predicted molar refractivity (Wildman–Crippen MR) is 77.5 cm³/mol. The Hall–Kier alpha value is -1.51. The summed E-state index contributed by atoms with van der Waals surface area (Å²) in [5, 5.41) is 13.0. The van der Waals surface area contributed by atoms with Gasteiger partial charge in [0.05, 0.1) is 0 Å². The Balaban J connectivity index is 2.23. The Morgan fingerprint density at radius 2 is 1.68 bits per heavy atom. The van der Waals surface area contributed by atoms with Gasteiger partial charge in [-0.3, -0.25) is 0 Å². The highest BCUT2D eigenvalue weighted by Crippen LogP contribution is 2.31. The Bertz CT molecular complexity index is 434. The van der Waals surface area contributed by atoms with Crippen LogP contribution in [0.3, 0.4) is 0 Å². The molecule has 1 fully saturated rings. The maximum absolute atomic E-state index is 11.8. The van der Waals surface area contributed by atoms with Gasteiger partial charge in [-0.2, -0.15) is 0 Å². The monoisotopic (exact) mass is 261 g/mol. The maximum atomic E-state index is 11.8. The van der Waals surface area contributed by atoms with E-state index >= 15 is 0 Å². The summed E-state index contributed by atoms with van der Waals surface area (Å²) in [5.74, 6) is -0.711. The Labute approximate surface area is 115 Å². The van der Waals surface area contributed by atoms with Crippen LogP contribution in [-0.2, 0) is 4.79 Å². The molecule has 104 valence electrons. The van der Waals surface area contributed by atoms with E-state index in [9.17, 15) is 9.90 Å². The number of rotatable bonds is 3. The van der Waals surface area contributed by atoms with E-state index in [-0.39, 0.29) is 0 Å². The summed E-state index contributed by atoms with van der Waals surface area (Å²) in [4.78, 5) is 11.8. The molecule has 1 aliphatic rings. The van der Waals surface area contributed by atoms with Gasteiger partial charge in [0.25, 0.3) is 0 Å². The minimum Gasteiger partial charge on any atom is -0.480 e. The molecule has 0 atom stereocenters. The van der Waals surface area contributed by atoms with Crippen molar-refractivity contribution >= 4 is 11.7 Å². The molecule has 2 rings (SSSR count). The van der Waals surface area contributed by atoms with E-state index in [1.807, 2.05) is 31.2 Å². The maximum Gasteiger partial charge on any atom is 0.329 e. The number of anilines is 1. The number of hydrogen-bond donors (Lipinski definition) is 2. The number of carboxylic acids is 1. The number of aryl methyl sites for hydroxylation is 1. The number of aliphatic carboxylic acids is 1. The smallest absolute Gasteiger partial charge is 0.329 e. The third kappa shape index (κ3) is 3.28. The topological polar surface area (TPSA) is 49.3 Å². The van der Waals surface area contributed by atoms with Gasteiger partial charge < -0.3 is 10.4 Å². The molecule has 0 spiro atoms. The van der Waals surface area contributed by atoms with Crippen LogP contribution in [0.15, 0.2) is 24.3 Å². The van der Waals surface area contributed by atoms with Crippen LogP contribution in [0.2, 0.25) is 0 Å². The lowest BCUT2D eigenvalue weighted by atomic mass is 9.83. The third-order valence-corrected chi connectivity index (χ3v) is 4.14. The summed E-state index contributed by atoms with van der Waals surface area (Å²) < 4.78 is 0. The summed E-state index contributed by atoms with van der Waals surface area (Å²) in [5.41, 5.74) is 1.27. The van der Waals surface area contributed by atoms with Crippen LogP contribution in [0.25, 0.3) is 0 Å². The number of para-hydroxylation sites is 1. The molecule has 0 unspecified atom stereocenters. The van der Waals surface area contributed by atoms with E-state index in [0.29, 0.717) is 0 Å². The highest BCUT2D eigenvalue weighted by molar-refractivity contribution is 5.83. The zero-order chi connectivity index (χ0) is 13.7. The molecule has 0 radical (unpaired) electrons. The fourth-order valence-electron chi connectivity index (χ4n) is 2.87. The fourth-order valence-corrected chi connectivity index (χ4v) is 2.87. The Morgan fingerprint density at radius 1 is 1.11 bits per heavy atom. The van der Waals surface area contributed by atoms with Crippen LogP contribution in [0.5, 0.6) is 0 Å². The lowest BCUT2D eigenvalue weighted by molar-refractivity contribution is -0.143. The number of benzene rings is 1. The minimum absolute atomic E-state index is 0.711. The van der Waals surface area contributed by atoms with Crippen LogP contribution in [0.4, 0.5) is 5.69 Å². The number of carbonyl (C=O) groups is 1. The highest BCUT2D eigenvalue weighted by atomic mass is 16.4. The average Bonchev–Trinajstić information content (AvgIpc) is 2.35. The molecule has 1 saturated carbocycles. The van der Waals surface area contributed by atoms with Crippen molar-refractivity contribution in [2.75, 3.05) is 5.32 Å². The largest absolute Gasteiger partial charge is 0.480 e. The molecule has 3 nitrogen and oxygen atoms in total. The second-order valence-corrected chi connectivity index (χ2v) is 5.59. The second-order valence-electron chi connectivity index (χ2n) is 5.59. The second kappa shape index (κ2) is 6.09. The van der Waals surface area contributed by atoms with Crippen molar-refractivity contribution < 1.29 is 9.90 Å². The third-order valence-electron chi connectivity index (χ3n) is 4.14. The summed E-state index contributed by atoms with van der Waals surface area (Å²) in [6.45, 7) is 2.01. The van der Waals surface area contributed by atoms with E-state index in [4.69, 9.17) is 0 Å². The van der Waals surface area contributed by atoms with E-state index in [0.717, 1.165) is 49.8 Å². The quantitative estimate of drug-likeness (QED) is 0.865. The number of carboxylic acid groups (broad SMARTS) is 1. The van der Waals surface area contributed by atoms with Crippen LogP contribution >= 0.6 is 0 Å². The molecular formula is C16H23NO2. The van der Waals surface area contributed by atoms with Crippen molar-refractivity contribution in [3.05, 3.63) is 29.8 Å². The minimum atomic E-state index is -0.785. The summed E-state index contributed by atoms with van der Waals surface area (Å²) in [6.07, 6.45) is 6.94. The van der Waals surface area contributed by atoms with Crippen molar-refractivity contribution in [2.24, 2.45) is 0 Å². The van der Waals surface area contributed by atoms with E-state index < -0.39 is 11.5 Å². The van der Waals surface area contributed by atoms with Crippen LogP contribution < -0.4 is 5.32 Å². The van der Waals surface area contributed by atoms with Crippen molar-refractivity contribution in [1.29, 1.82) is 0 Å². The summed E-state index contributed by atoms with van der Waals surface area (Å²) in [7, 11) is 0. The van der Waals surface area contributed by atoms with Crippen molar-refractivity contribution in [3.63, 3.8) is 0 Å². The van der Waals surface area contributed by atoms with Gasteiger partial charge in [0, 0.05) is 5.69 Å². The van der Waals surface area contributed by atoms with Gasteiger partial charge in [-0.15, -0.1) is 0 Å². The molecule has 3 heteroatoms. The molecule has 2 N–H and O–H groups in total. The van der Waals surface area contributed by atoms with Crippen molar-refractivity contribution in [3.8, 4) is 0 Å². The standard InChI is InChI=1S/C16H23NO2/c1-13-9-5-6-10-14(13)17-16(15(18)19)11-7-3-2-4-8-12-16/h5-6,9-10,17H,2-4,7-8,11-12H2,1H3,(H,18,19).